The van der Waals surface area contributed by atoms with Gasteiger partial charge in [0, 0.05) is 41.6 Å². The Morgan fingerprint density at radius 2 is 2.12 bits per heavy atom. The van der Waals surface area contributed by atoms with Gasteiger partial charge >= 0.3 is 5.97 Å². The van der Waals surface area contributed by atoms with Crippen molar-refractivity contribution in [3.05, 3.63) is 34.6 Å². The van der Waals surface area contributed by atoms with Crippen LogP contribution < -0.4 is 0 Å². The predicted molar refractivity (Wildman–Crippen MR) is 96.7 cm³/mol. The van der Waals surface area contributed by atoms with E-state index in [2.05, 4.69) is 0 Å². The van der Waals surface area contributed by atoms with E-state index in [1.54, 1.807) is 12.1 Å². The van der Waals surface area contributed by atoms with E-state index in [-0.39, 0.29) is 36.1 Å². The van der Waals surface area contributed by atoms with Gasteiger partial charge in [-0.15, -0.1) is 0 Å². The van der Waals surface area contributed by atoms with Gasteiger partial charge in [-0.2, -0.15) is 0 Å². The van der Waals surface area contributed by atoms with Crippen LogP contribution in [0.5, 0.6) is 0 Å². The Balaban J connectivity index is 1.59. The number of carboxylic acids is 1. The Labute approximate surface area is 157 Å². The van der Waals surface area contributed by atoms with Crippen LogP contribution in [0.3, 0.4) is 0 Å². The van der Waals surface area contributed by atoms with Crippen LogP contribution in [0.4, 0.5) is 4.39 Å². The fourth-order valence-corrected chi connectivity index (χ4v) is 4.27. The average Bonchev–Trinajstić information content (AvgIpc) is 3.36. The monoisotopic (exact) mass is 382 g/mol. The standard InChI is InChI=1S/C19H24ClFN2O3/c1-22(11-17(24)25)12-4-3-8-23(9-7-12)19(26)14-10-13(14)18-15(20)5-2-6-16(18)21/h2,5-6,12-14H,3-4,7-11H2,1H3,(H,24,25)/t12-,13+,14+/m1/s1. The molecule has 0 aromatic heterocycles. The van der Waals surface area contributed by atoms with Crippen LogP contribution in [-0.2, 0) is 9.59 Å². The number of likely N-dealkylation sites (tertiary alicyclic amines) is 1. The summed E-state index contributed by atoms with van der Waals surface area (Å²) < 4.78 is 14.1. The lowest BCUT2D eigenvalue weighted by atomic mass is 10.1. The maximum atomic E-state index is 14.1. The smallest absolute Gasteiger partial charge is 0.317 e. The first-order valence-electron chi connectivity index (χ1n) is 9.03. The van der Waals surface area contributed by atoms with E-state index in [1.165, 1.54) is 6.07 Å². The molecule has 0 spiro atoms. The number of likely N-dealkylation sites (N-methyl/N-ethyl adjacent to an activating group) is 1. The second kappa shape index (κ2) is 7.92. The van der Waals surface area contributed by atoms with E-state index in [0.29, 0.717) is 30.1 Å². The lowest BCUT2D eigenvalue weighted by Crippen LogP contribution is -2.37. The van der Waals surface area contributed by atoms with Crippen LogP contribution >= 0.6 is 11.6 Å². The molecule has 1 aliphatic heterocycles. The van der Waals surface area contributed by atoms with Gasteiger partial charge in [0.15, 0.2) is 0 Å². The Kier molecular flexibility index (Phi) is 5.82. The van der Waals surface area contributed by atoms with Crippen molar-refractivity contribution in [2.45, 2.75) is 37.6 Å². The van der Waals surface area contributed by atoms with E-state index in [9.17, 15) is 14.0 Å². The van der Waals surface area contributed by atoms with Crippen molar-refractivity contribution in [3.8, 4) is 0 Å². The van der Waals surface area contributed by atoms with Crippen LogP contribution in [0.15, 0.2) is 18.2 Å². The number of carbonyl (C=O) groups is 2. The molecule has 1 aromatic carbocycles. The van der Waals surface area contributed by atoms with Crippen molar-refractivity contribution in [1.82, 2.24) is 9.80 Å². The van der Waals surface area contributed by atoms with Crippen molar-refractivity contribution in [3.63, 3.8) is 0 Å². The Morgan fingerprint density at radius 3 is 2.81 bits per heavy atom. The molecule has 3 rings (SSSR count). The third-order valence-electron chi connectivity index (χ3n) is 5.50. The van der Waals surface area contributed by atoms with E-state index >= 15 is 0 Å². The highest BCUT2D eigenvalue weighted by Gasteiger charge is 2.47. The number of hydrogen-bond donors (Lipinski definition) is 1. The van der Waals surface area contributed by atoms with Gasteiger partial charge in [0.05, 0.1) is 6.54 Å². The Hall–Kier alpha value is -1.66. The quantitative estimate of drug-likeness (QED) is 0.850. The summed E-state index contributed by atoms with van der Waals surface area (Å²) >= 11 is 6.12. The van der Waals surface area contributed by atoms with Gasteiger partial charge in [-0.3, -0.25) is 14.5 Å². The zero-order chi connectivity index (χ0) is 18.8. The molecule has 142 valence electrons. The highest BCUT2D eigenvalue weighted by atomic mass is 35.5. The number of carbonyl (C=O) groups excluding carboxylic acids is 1. The van der Waals surface area contributed by atoms with Crippen LogP contribution in [0.25, 0.3) is 0 Å². The number of benzene rings is 1. The van der Waals surface area contributed by atoms with E-state index in [1.807, 2.05) is 16.8 Å². The highest BCUT2D eigenvalue weighted by molar-refractivity contribution is 6.31. The maximum Gasteiger partial charge on any atom is 0.317 e. The fourth-order valence-electron chi connectivity index (χ4n) is 3.97. The molecule has 1 heterocycles. The first kappa shape index (κ1) is 19.1. The van der Waals surface area contributed by atoms with Crippen LogP contribution in [0, 0.1) is 11.7 Å². The largest absolute Gasteiger partial charge is 0.480 e. The molecule has 1 amide bonds. The van der Waals surface area contributed by atoms with Gasteiger partial charge in [0.2, 0.25) is 5.91 Å². The van der Waals surface area contributed by atoms with Gasteiger partial charge in [-0.1, -0.05) is 17.7 Å². The minimum atomic E-state index is -0.840. The molecule has 1 aliphatic carbocycles. The number of amides is 1. The summed E-state index contributed by atoms with van der Waals surface area (Å²) in [6.07, 6.45) is 3.12. The molecule has 5 nitrogen and oxygen atoms in total. The van der Waals surface area contributed by atoms with E-state index in [0.717, 1.165) is 19.3 Å². The minimum absolute atomic E-state index is 0.00902. The van der Waals surface area contributed by atoms with Gasteiger partial charge in [-0.05, 0) is 44.9 Å². The number of halogens is 2. The molecule has 1 N–H and O–H groups in total. The number of carboxylic acid groups (broad SMARTS) is 1. The lowest BCUT2D eigenvalue weighted by Gasteiger charge is -2.25. The molecule has 0 radical (unpaired) electrons. The molecule has 26 heavy (non-hydrogen) atoms. The molecule has 2 aliphatic rings. The summed E-state index contributed by atoms with van der Waals surface area (Å²) in [7, 11) is 1.81. The van der Waals surface area contributed by atoms with Gasteiger partial charge in [0.25, 0.3) is 0 Å². The highest BCUT2D eigenvalue weighted by Crippen LogP contribution is 2.51. The molecule has 1 saturated heterocycles. The minimum Gasteiger partial charge on any atom is -0.480 e. The second-order valence-electron chi connectivity index (χ2n) is 7.30. The third-order valence-corrected chi connectivity index (χ3v) is 5.83. The summed E-state index contributed by atoms with van der Waals surface area (Å²) in [5, 5.41) is 9.33. The van der Waals surface area contributed by atoms with Gasteiger partial charge in [-0.25, -0.2) is 4.39 Å². The summed E-state index contributed by atoms with van der Waals surface area (Å²) in [4.78, 5) is 27.4. The molecule has 1 aromatic rings. The van der Waals surface area contributed by atoms with Crippen molar-refractivity contribution in [1.29, 1.82) is 0 Å². The zero-order valence-electron chi connectivity index (χ0n) is 14.8. The first-order chi connectivity index (χ1) is 12.4. The molecule has 1 saturated carbocycles. The van der Waals surface area contributed by atoms with E-state index < -0.39 is 5.97 Å². The maximum absolute atomic E-state index is 14.1. The second-order valence-corrected chi connectivity index (χ2v) is 7.71. The summed E-state index contributed by atoms with van der Waals surface area (Å²) in [6, 6.07) is 4.79. The molecule has 0 unspecified atom stereocenters. The van der Waals surface area contributed by atoms with E-state index in [4.69, 9.17) is 16.7 Å². The number of aliphatic carboxylic acids is 1. The molecule has 2 fully saturated rings. The number of nitrogens with zero attached hydrogens (tertiary/aromatic N) is 2. The SMILES string of the molecule is CN(CC(=O)O)[C@@H]1CCCN(C(=O)[C@H]2C[C@@H]2c2c(F)cccc2Cl)CC1. The molecule has 7 heteroatoms. The third kappa shape index (κ3) is 4.18. The molecule has 0 bridgehead atoms. The van der Waals surface area contributed by atoms with Crippen molar-refractivity contribution < 1.29 is 19.1 Å². The van der Waals surface area contributed by atoms with Crippen LogP contribution in [0.2, 0.25) is 5.02 Å². The number of hydrogen-bond acceptors (Lipinski definition) is 3. The zero-order valence-corrected chi connectivity index (χ0v) is 15.6. The topological polar surface area (TPSA) is 60.9 Å². The summed E-state index contributed by atoms with van der Waals surface area (Å²) in [6.45, 7) is 1.29. The normalized spacial score (nSPS) is 25.8. The van der Waals surface area contributed by atoms with Crippen LogP contribution in [-0.4, -0.2) is 59.5 Å². The fraction of sp³-hybridized carbons (Fsp3) is 0.579. The number of rotatable bonds is 5. The predicted octanol–water partition coefficient (Wildman–Crippen LogP) is 2.98. The summed E-state index contributed by atoms with van der Waals surface area (Å²) in [5.41, 5.74) is 0.460. The van der Waals surface area contributed by atoms with Crippen molar-refractivity contribution >= 4 is 23.5 Å². The first-order valence-corrected chi connectivity index (χ1v) is 9.41. The van der Waals surface area contributed by atoms with Crippen LogP contribution in [0.1, 0.15) is 37.2 Å². The van der Waals surface area contributed by atoms with Gasteiger partial charge < -0.3 is 10.0 Å². The Bertz CT molecular complexity index is 679. The van der Waals surface area contributed by atoms with Crippen molar-refractivity contribution in [2.24, 2.45) is 5.92 Å². The van der Waals surface area contributed by atoms with Crippen molar-refractivity contribution in [2.75, 3.05) is 26.7 Å². The molecular formula is C19H24ClFN2O3. The lowest BCUT2D eigenvalue weighted by molar-refractivity contribution is -0.138. The van der Waals surface area contributed by atoms with Gasteiger partial charge in [0.1, 0.15) is 5.82 Å². The Morgan fingerprint density at radius 1 is 1.35 bits per heavy atom. The average molecular weight is 383 g/mol. The molecular weight excluding hydrogens is 359 g/mol. The molecule has 3 atom stereocenters. The summed E-state index contributed by atoms with van der Waals surface area (Å²) in [5.74, 6) is -1.45.